The number of aromatic nitrogens is 1. The summed E-state index contributed by atoms with van der Waals surface area (Å²) in [6, 6.07) is 11.4. The minimum absolute atomic E-state index is 0.0118. The molecule has 0 aliphatic carbocycles. The number of hydrogen-bond donors (Lipinski definition) is 3. The first-order chi connectivity index (χ1) is 15.6. The molecule has 170 valence electrons. The molecule has 0 bridgehead atoms. The van der Waals surface area contributed by atoms with Crippen LogP contribution >= 0.6 is 0 Å². The van der Waals surface area contributed by atoms with Crippen molar-refractivity contribution < 1.29 is 14.3 Å². The number of likely N-dealkylation sites (tertiary alicyclic amines) is 1. The summed E-state index contributed by atoms with van der Waals surface area (Å²) in [7, 11) is 1.67. The number of methoxy groups -OCH3 is 1. The van der Waals surface area contributed by atoms with Crippen LogP contribution in [0.4, 0.5) is 16.3 Å². The van der Waals surface area contributed by atoms with Gasteiger partial charge in [0.1, 0.15) is 11.6 Å². The van der Waals surface area contributed by atoms with E-state index in [4.69, 9.17) is 4.74 Å². The average Bonchev–Trinajstić information content (AvgIpc) is 3.35. The summed E-state index contributed by atoms with van der Waals surface area (Å²) in [5.74, 6) is 1.54. The fourth-order valence-corrected chi connectivity index (χ4v) is 4.28. The van der Waals surface area contributed by atoms with Crippen molar-refractivity contribution in [3.05, 3.63) is 48.2 Å². The smallest absolute Gasteiger partial charge is 0.319 e. The minimum atomic E-state index is -0.281. The second-order valence-corrected chi connectivity index (χ2v) is 8.01. The van der Waals surface area contributed by atoms with Crippen molar-refractivity contribution in [2.45, 2.75) is 18.9 Å². The van der Waals surface area contributed by atoms with Gasteiger partial charge in [-0.2, -0.15) is 0 Å². The van der Waals surface area contributed by atoms with Crippen LogP contribution in [-0.2, 0) is 4.79 Å². The Morgan fingerprint density at radius 2 is 2.00 bits per heavy atom. The van der Waals surface area contributed by atoms with Gasteiger partial charge in [-0.25, -0.2) is 9.78 Å². The van der Waals surface area contributed by atoms with Crippen LogP contribution in [0.3, 0.4) is 0 Å². The second kappa shape index (κ2) is 10.3. The summed E-state index contributed by atoms with van der Waals surface area (Å²) < 4.78 is 5.56. The van der Waals surface area contributed by atoms with Crippen molar-refractivity contribution in [1.29, 1.82) is 0 Å². The van der Waals surface area contributed by atoms with Gasteiger partial charge >= 0.3 is 6.03 Å². The highest BCUT2D eigenvalue weighted by Gasteiger charge is 2.26. The molecule has 2 saturated heterocycles. The van der Waals surface area contributed by atoms with Gasteiger partial charge < -0.3 is 25.6 Å². The lowest BCUT2D eigenvalue weighted by Gasteiger charge is -2.29. The highest BCUT2D eigenvalue weighted by Crippen LogP contribution is 2.31. The van der Waals surface area contributed by atoms with Gasteiger partial charge in [0, 0.05) is 25.2 Å². The van der Waals surface area contributed by atoms with E-state index in [0.717, 1.165) is 43.1 Å². The molecular weight excluding hydrogens is 408 g/mol. The third-order valence-electron chi connectivity index (χ3n) is 5.90. The fourth-order valence-electron chi connectivity index (χ4n) is 4.28. The maximum absolute atomic E-state index is 12.6. The Kier molecular flexibility index (Phi) is 7.06. The Balaban J connectivity index is 1.36. The number of ether oxygens (including phenoxy) is 1. The molecule has 3 N–H and O–H groups in total. The Morgan fingerprint density at radius 1 is 1.19 bits per heavy atom. The van der Waals surface area contributed by atoms with E-state index in [1.807, 2.05) is 29.2 Å². The third-order valence-corrected chi connectivity index (χ3v) is 5.90. The fraction of sp³-hybridized carbons (Fsp3) is 0.435. The van der Waals surface area contributed by atoms with E-state index in [-0.39, 0.29) is 18.0 Å². The van der Waals surface area contributed by atoms with Crippen molar-refractivity contribution in [3.63, 3.8) is 0 Å². The summed E-state index contributed by atoms with van der Waals surface area (Å²) in [5.41, 5.74) is 1.68. The van der Waals surface area contributed by atoms with Crippen LogP contribution in [-0.4, -0.2) is 68.2 Å². The van der Waals surface area contributed by atoms with Gasteiger partial charge in [-0.15, -0.1) is 0 Å². The molecule has 1 unspecified atom stereocenters. The summed E-state index contributed by atoms with van der Waals surface area (Å²) in [5, 5.41) is 8.65. The van der Waals surface area contributed by atoms with Crippen LogP contribution in [0.5, 0.6) is 5.75 Å². The van der Waals surface area contributed by atoms with Gasteiger partial charge in [-0.1, -0.05) is 18.2 Å². The summed E-state index contributed by atoms with van der Waals surface area (Å²) in [6.45, 7) is 4.10. The number of nitrogens with one attached hydrogen (secondary N) is 3. The third kappa shape index (κ3) is 5.28. The standard InChI is InChI=1S/C23H30N6O3/c1-32-20-7-3-2-6-18(20)19(28-11-4-5-12-28)15-26-23(31)27-17-8-9-21(25-14-17)29-13-10-24-22(30)16-29/h2-3,6-9,14,19H,4-5,10-13,15-16H2,1H3,(H,24,30)(H2,26,27,31). The molecule has 0 spiro atoms. The van der Waals surface area contributed by atoms with Gasteiger partial charge in [-0.05, 0) is 44.1 Å². The van der Waals surface area contributed by atoms with E-state index in [9.17, 15) is 9.59 Å². The Hall–Kier alpha value is -3.33. The molecule has 9 heteroatoms. The molecule has 3 heterocycles. The van der Waals surface area contributed by atoms with Crippen molar-refractivity contribution in [2.24, 2.45) is 0 Å². The highest BCUT2D eigenvalue weighted by molar-refractivity contribution is 5.89. The van der Waals surface area contributed by atoms with Crippen LogP contribution in [0.2, 0.25) is 0 Å². The molecule has 2 aliphatic rings. The number of benzene rings is 1. The lowest BCUT2D eigenvalue weighted by molar-refractivity contribution is -0.120. The zero-order chi connectivity index (χ0) is 22.3. The maximum Gasteiger partial charge on any atom is 0.319 e. The molecule has 2 fully saturated rings. The van der Waals surface area contributed by atoms with Crippen LogP contribution in [0, 0.1) is 0 Å². The summed E-state index contributed by atoms with van der Waals surface area (Å²) in [4.78, 5) is 32.9. The number of amides is 3. The maximum atomic E-state index is 12.6. The van der Waals surface area contributed by atoms with Crippen molar-refractivity contribution in [1.82, 2.24) is 20.5 Å². The van der Waals surface area contributed by atoms with E-state index < -0.39 is 0 Å². The second-order valence-electron chi connectivity index (χ2n) is 8.01. The largest absolute Gasteiger partial charge is 0.496 e. The van der Waals surface area contributed by atoms with E-state index in [2.05, 4.69) is 31.9 Å². The minimum Gasteiger partial charge on any atom is -0.496 e. The van der Waals surface area contributed by atoms with Gasteiger partial charge in [0.25, 0.3) is 0 Å². The molecule has 2 aromatic rings. The number of hydrogen-bond acceptors (Lipinski definition) is 6. The average molecular weight is 439 g/mol. The Labute approximate surface area is 188 Å². The van der Waals surface area contributed by atoms with Crippen molar-refractivity contribution in [3.8, 4) is 5.75 Å². The van der Waals surface area contributed by atoms with Crippen LogP contribution in [0.1, 0.15) is 24.4 Å². The van der Waals surface area contributed by atoms with E-state index >= 15 is 0 Å². The van der Waals surface area contributed by atoms with Gasteiger partial charge in [0.05, 0.1) is 31.6 Å². The molecule has 9 nitrogen and oxygen atoms in total. The quantitative estimate of drug-likeness (QED) is 0.612. The van der Waals surface area contributed by atoms with Crippen molar-refractivity contribution >= 4 is 23.4 Å². The van der Waals surface area contributed by atoms with E-state index in [0.29, 0.717) is 31.9 Å². The molecule has 0 saturated carbocycles. The van der Waals surface area contributed by atoms with E-state index in [1.54, 1.807) is 19.4 Å². The Bertz CT molecular complexity index is 930. The van der Waals surface area contributed by atoms with Crippen LogP contribution in [0.15, 0.2) is 42.6 Å². The highest BCUT2D eigenvalue weighted by atomic mass is 16.5. The number of nitrogens with zero attached hydrogens (tertiary/aromatic N) is 3. The molecule has 1 aromatic heterocycles. The van der Waals surface area contributed by atoms with Crippen LogP contribution < -0.4 is 25.6 Å². The molecule has 2 aliphatic heterocycles. The summed E-state index contributed by atoms with van der Waals surface area (Å²) >= 11 is 0. The number of carbonyl (C=O) groups is 2. The van der Waals surface area contributed by atoms with E-state index in [1.165, 1.54) is 0 Å². The predicted molar refractivity (Wildman–Crippen MR) is 123 cm³/mol. The molecule has 1 atom stereocenters. The van der Waals surface area contributed by atoms with Gasteiger partial charge in [0.15, 0.2) is 0 Å². The van der Waals surface area contributed by atoms with Crippen LogP contribution in [0.25, 0.3) is 0 Å². The van der Waals surface area contributed by atoms with Gasteiger partial charge in [0.2, 0.25) is 5.91 Å². The lowest BCUT2D eigenvalue weighted by Crippen LogP contribution is -2.48. The normalized spacial score (nSPS) is 17.5. The van der Waals surface area contributed by atoms with Crippen molar-refractivity contribution in [2.75, 3.05) is 56.6 Å². The molecule has 3 amide bonds. The first-order valence-corrected chi connectivity index (χ1v) is 11.0. The first-order valence-electron chi connectivity index (χ1n) is 11.0. The number of rotatable bonds is 7. The zero-order valence-electron chi connectivity index (χ0n) is 18.3. The molecule has 4 rings (SSSR count). The first kappa shape index (κ1) is 21.9. The number of para-hydroxylation sites is 1. The predicted octanol–water partition coefficient (Wildman–Crippen LogP) is 1.98. The number of piperazine rings is 1. The molecule has 1 aromatic carbocycles. The topological polar surface area (TPSA) is 98.8 Å². The SMILES string of the molecule is COc1ccccc1C(CNC(=O)Nc1ccc(N2CCNC(=O)C2)nc1)N1CCCC1. The zero-order valence-corrected chi connectivity index (χ0v) is 18.3. The number of carbonyl (C=O) groups excluding carboxylic acids is 2. The van der Waals surface area contributed by atoms with Gasteiger partial charge in [-0.3, -0.25) is 9.69 Å². The monoisotopic (exact) mass is 438 g/mol. The number of anilines is 2. The molecule has 32 heavy (non-hydrogen) atoms. The lowest BCUT2D eigenvalue weighted by atomic mass is 10.0. The number of pyridine rings is 1. The summed E-state index contributed by atoms with van der Waals surface area (Å²) in [6.07, 6.45) is 3.93. The molecular formula is C23H30N6O3. The molecule has 0 radical (unpaired) electrons. The number of urea groups is 1. The Morgan fingerprint density at radius 3 is 2.72 bits per heavy atom.